The molecule has 3 saturated heterocycles. The van der Waals surface area contributed by atoms with E-state index in [1.807, 2.05) is 18.2 Å². The molecule has 1 aromatic rings. The van der Waals surface area contributed by atoms with Crippen molar-refractivity contribution in [3.63, 3.8) is 0 Å². The van der Waals surface area contributed by atoms with Gasteiger partial charge in [-0.2, -0.15) is 0 Å². The highest BCUT2D eigenvalue weighted by Gasteiger charge is 2.59. The van der Waals surface area contributed by atoms with Gasteiger partial charge < -0.3 is 19.5 Å². The predicted molar refractivity (Wildman–Crippen MR) is 60.3 cm³/mol. The van der Waals surface area contributed by atoms with Crippen molar-refractivity contribution in [1.29, 1.82) is 0 Å². The molecule has 0 aliphatic carbocycles. The molecule has 5 atom stereocenters. The summed E-state index contributed by atoms with van der Waals surface area (Å²) in [7, 11) is 0. The van der Waals surface area contributed by atoms with Crippen molar-refractivity contribution in [2.75, 3.05) is 6.61 Å². The monoisotopic (exact) mass is 233 g/mol. The predicted octanol–water partition coefficient (Wildman–Crippen LogP) is 0.667. The van der Waals surface area contributed by atoms with Gasteiger partial charge in [0.25, 0.3) is 0 Å². The van der Waals surface area contributed by atoms with Crippen LogP contribution in [0.2, 0.25) is 0 Å². The van der Waals surface area contributed by atoms with E-state index >= 15 is 0 Å². The highest BCUT2D eigenvalue weighted by Crippen LogP contribution is 2.37. The number of nitrogens with one attached hydrogen (secondary N) is 1. The Morgan fingerprint density at radius 2 is 2.12 bits per heavy atom. The SMILES string of the molecule is c1ccc(CO[C@@H]2[C@H]3N[C@H]3[C@@H]3OC[C@H]2O3)cc1. The summed E-state index contributed by atoms with van der Waals surface area (Å²) < 4.78 is 17.3. The average molecular weight is 233 g/mol. The summed E-state index contributed by atoms with van der Waals surface area (Å²) in [6.07, 6.45) is 0.181. The van der Waals surface area contributed by atoms with Crippen LogP contribution in [0.25, 0.3) is 0 Å². The third-order valence-electron chi connectivity index (χ3n) is 3.70. The second kappa shape index (κ2) is 3.78. The van der Waals surface area contributed by atoms with E-state index in [9.17, 15) is 0 Å². The summed E-state index contributed by atoms with van der Waals surface area (Å²) in [6, 6.07) is 11.0. The van der Waals surface area contributed by atoms with E-state index in [1.165, 1.54) is 5.56 Å². The molecule has 0 radical (unpaired) electrons. The summed E-state index contributed by atoms with van der Waals surface area (Å²) in [6.45, 7) is 1.31. The normalized spacial score (nSPS) is 42.2. The molecule has 1 aromatic carbocycles. The molecule has 0 saturated carbocycles. The van der Waals surface area contributed by atoms with Gasteiger partial charge in [-0.15, -0.1) is 0 Å². The van der Waals surface area contributed by atoms with E-state index in [1.54, 1.807) is 0 Å². The van der Waals surface area contributed by atoms with Gasteiger partial charge >= 0.3 is 0 Å². The molecular formula is C13H15NO3. The molecule has 0 aromatic heterocycles. The van der Waals surface area contributed by atoms with E-state index in [0.717, 1.165) is 0 Å². The topological polar surface area (TPSA) is 49.6 Å². The number of hydrogen-bond acceptors (Lipinski definition) is 4. The number of rotatable bonds is 3. The first-order chi connectivity index (χ1) is 8.42. The first-order valence-electron chi connectivity index (χ1n) is 6.10. The molecule has 1 N–H and O–H groups in total. The van der Waals surface area contributed by atoms with Crippen LogP contribution in [0.15, 0.2) is 30.3 Å². The second-order valence-electron chi connectivity index (χ2n) is 4.86. The minimum atomic E-state index is -0.0402. The van der Waals surface area contributed by atoms with Gasteiger partial charge in [-0.25, -0.2) is 0 Å². The van der Waals surface area contributed by atoms with Gasteiger partial charge in [-0.05, 0) is 5.56 Å². The third kappa shape index (κ3) is 1.68. The van der Waals surface area contributed by atoms with Crippen molar-refractivity contribution in [3.8, 4) is 0 Å². The summed E-state index contributed by atoms with van der Waals surface area (Å²) in [4.78, 5) is 0. The Morgan fingerprint density at radius 3 is 3.00 bits per heavy atom. The first kappa shape index (κ1) is 10.0. The zero-order chi connectivity index (χ0) is 11.2. The molecule has 4 nitrogen and oxygen atoms in total. The van der Waals surface area contributed by atoms with Gasteiger partial charge in [0, 0.05) is 0 Å². The van der Waals surface area contributed by atoms with Gasteiger partial charge in [-0.1, -0.05) is 30.3 Å². The summed E-state index contributed by atoms with van der Waals surface area (Å²) in [5.41, 5.74) is 1.20. The minimum Gasteiger partial charge on any atom is -0.369 e. The number of fused-ring (bicyclic) bond motifs is 4. The van der Waals surface area contributed by atoms with E-state index < -0.39 is 0 Å². The maximum absolute atomic E-state index is 5.99. The van der Waals surface area contributed by atoms with Gasteiger partial charge in [0.1, 0.15) is 12.2 Å². The third-order valence-corrected chi connectivity index (χ3v) is 3.70. The molecule has 17 heavy (non-hydrogen) atoms. The quantitative estimate of drug-likeness (QED) is 0.779. The molecule has 4 rings (SSSR count). The van der Waals surface area contributed by atoms with Crippen molar-refractivity contribution in [1.82, 2.24) is 5.32 Å². The van der Waals surface area contributed by atoms with Crippen molar-refractivity contribution >= 4 is 0 Å². The highest BCUT2D eigenvalue weighted by atomic mass is 16.7. The van der Waals surface area contributed by atoms with Crippen LogP contribution in [0.1, 0.15) is 5.56 Å². The average Bonchev–Trinajstić information content (AvgIpc) is 3.05. The van der Waals surface area contributed by atoms with Crippen LogP contribution in [0.4, 0.5) is 0 Å². The fourth-order valence-corrected chi connectivity index (χ4v) is 2.72. The van der Waals surface area contributed by atoms with Crippen LogP contribution in [0.5, 0.6) is 0 Å². The Hall–Kier alpha value is -0.940. The lowest BCUT2D eigenvalue weighted by molar-refractivity contribution is -0.121. The van der Waals surface area contributed by atoms with Crippen LogP contribution in [-0.4, -0.2) is 37.2 Å². The Labute approximate surface area is 99.9 Å². The van der Waals surface area contributed by atoms with E-state index in [2.05, 4.69) is 17.4 Å². The van der Waals surface area contributed by atoms with Crippen molar-refractivity contribution < 1.29 is 14.2 Å². The largest absolute Gasteiger partial charge is 0.369 e. The van der Waals surface area contributed by atoms with Gasteiger partial charge in [0.15, 0.2) is 6.29 Å². The lowest BCUT2D eigenvalue weighted by Crippen LogP contribution is -2.41. The second-order valence-corrected chi connectivity index (χ2v) is 4.86. The van der Waals surface area contributed by atoms with Crippen LogP contribution in [0, 0.1) is 0 Å². The van der Waals surface area contributed by atoms with Gasteiger partial charge in [-0.3, -0.25) is 0 Å². The highest BCUT2D eigenvalue weighted by molar-refractivity contribution is 5.15. The van der Waals surface area contributed by atoms with Gasteiger partial charge in [0.2, 0.25) is 0 Å². The Balaban J connectivity index is 1.43. The molecule has 2 bridgehead atoms. The molecule has 0 amide bonds. The Kier molecular flexibility index (Phi) is 2.23. The van der Waals surface area contributed by atoms with Gasteiger partial charge in [0.05, 0.1) is 25.3 Å². The van der Waals surface area contributed by atoms with Crippen molar-refractivity contribution in [3.05, 3.63) is 35.9 Å². The summed E-state index contributed by atoms with van der Waals surface area (Å²) >= 11 is 0. The molecule has 3 aliphatic heterocycles. The maximum Gasteiger partial charge on any atom is 0.175 e. The molecule has 3 fully saturated rings. The maximum atomic E-state index is 5.99. The number of hydrogen-bond donors (Lipinski definition) is 1. The smallest absolute Gasteiger partial charge is 0.175 e. The fraction of sp³-hybridized carbons (Fsp3) is 0.538. The first-order valence-corrected chi connectivity index (χ1v) is 6.10. The van der Waals surface area contributed by atoms with Crippen molar-refractivity contribution in [2.45, 2.75) is 37.2 Å². The summed E-state index contributed by atoms with van der Waals surface area (Å²) in [5, 5.41) is 3.37. The zero-order valence-corrected chi connectivity index (χ0v) is 9.41. The Bertz CT molecular complexity index is 410. The van der Waals surface area contributed by atoms with E-state index in [0.29, 0.717) is 25.3 Å². The zero-order valence-electron chi connectivity index (χ0n) is 9.41. The summed E-state index contributed by atoms with van der Waals surface area (Å²) in [5.74, 6) is 0. The molecule has 90 valence electrons. The fourth-order valence-electron chi connectivity index (χ4n) is 2.72. The molecule has 3 aliphatic rings. The number of ether oxygens (including phenoxy) is 3. The number of benzene rings is 1. The standard InChI is InChI=1S/C13H15NO3/c1-2-4-8(5-3-1)6-15-12-9-7-16-13(17-9)11-10(12)14-11/h1-5,9-14H,6-7H2/t9-,10+,11-,12+,13-/m1/s1. The molecule has 3 heterocycles. The van der Waals surface area contributed by atoms with E-state index in [4.69, 9.17) is 14.2 Å². The van der Waals surface area contributed by atoms with Crippen LogP contribution in [0.3, 0.4) is 0 Å². The molecule has 0 unspecified atom stereocenters. The van der Waals surface area contributed by atoms with Crippen molar-refractivity contribution in [2.24, 2.45) is 0 Å². The van der Waals surface area contributed by atoms with Crippen LogP contribution in [-0.2, 0) is 20.8 Å². The lowest BCUT2D eigenvalue weighted by Gasteiger charge is -2.25. The van der Waals surface area contributed by atoms with Crippen LogP contribution < -0.4 is 5.32 Å². The molecule has 4 heteroatoms. The Morgan fingerprint density at radius 1 is 1.24 bits per heavy atom. The minimum absolute atomic E-state index is 0.0402. The van der Waals surface area contributed by atoms with Crippen LogP contribution >= 0.6 is 0 Å². The van der Waals surface area contributed by atoms with E-state index in [-0.39, 0.29) is 18.5 Å². The lowest BCUT2D eigenvalue weighted by atomic mass is 10.1. The molecular weight excluding hydrogens is 218 g/mol. The molecule has 0 spiro atoms.